The van der Waals surface area contributed by atoms with Crippen molar-refractivity contribution < 1.29 is 43.0 Å². The average molecular weight is 969 g/mol. The summed E-state index contributed by atoms with van der Waals surface area (Å²) < 4.78 is 33.5. The summed E-state index contributed by atoms with van der Waals surface area (Å²) in [5, 5.41) is 18.4. The van der Waals surface area contributed by atoms with Crippen molar-refractivity contribution in [3.63, 3.8) is 0 Å². The number of hydrogen-bond acceptors (Lipinski definition) is 8. The van der Waals surface area contributed by atoms with E-state index < -0.39 is 45.8 Å². The molecule has 0 heterocycles. The third-order valence-corrected chi connectivity index (χ3v) is 11.6. The molecule has 10 heteroatoms. The molecule has 0 aliphatic rings. The van der Waals surface area contributed by atoms with E-state index in [4.69, 9.17) is 23.6 Å². The maximum absolute atomic E-state index is 12.7. The Morgan fingerprint density at radius 1 is 0.456 bits per heavy atom. The molecule has 3 atom stereocenters. The van der Waals surface area contributed by atoms with E-state index in [2.05, 4.69) is 135 Å². The molecule has 3 N–H and O–H groups in total. The highest BCUT2D eigenvalue weighted by Gasteiger charge is 2.26. The van der Waals surface area contributed by atoms with E-state index in [1.807, 2.05) is 0 Å². The monoisotopic (exact) mass is 969 g/mol. The average Bonchev–Trinajstić information content (AvgIpc) is 3.33. The topological polar surface area (TPSA) is 132 Å². The summed E-state index contributed by atoms with van der Waals surface area (Å²) in [6.07, 6.45) is 71.6. The number of carbonyl (C=O) groups excluding carboxylic acids is 1. The van der Waals surface area contributed by atoms with Gasteiger partial charge in [-0.1, -0.05) is 206 Å². The molecule has 0 aromatic rings. The van der Waals surface area contributed by atoms with Crippen molar-refractivity contribution in [2.75, 3.05) is 33.0 Å². The van der Waals surface area contributed by atoms with E-state index in [1.54, 1.807) is 0 Å². The first-order valence-electron chi connectivity index (χ1n) is 26.5. The van der Waals surface area contributed by atoms with Crippen LogP contribution >= 0.6 is 7.82 Å². The number of esters is 1. The van der Waals surface area contributed by atoms with Crippen molar-refractivity contribution in [2.45, 2.75) is 206 Å². The van der Waals surface area contributed by atoms with E-state index in [9.17, 15) is 19.4 Å². The van der Waals surface area contributed by atoms with Gasteiger partial charge in [0, 0.05) is 13.0 Å². The third-order valence-electron chi connectivity index (χ3n) is 10.6. The molecule has 0 saturated carbocycles. The first-order valence-corrected chi connectivity index (χ1v) is 28.0. The summed E-state index contributed by atoms with van der Waals surface area (Å²) in [5.41, 5.74) is 0. The SMILES string of the molecule is CC/C=C\C/C=C\C/C=C\C/C=C\C/C=C\C/C=C\CCCCCCCOCC(COP(=O)(O)OCC(O)CO)OC(=O)CCCCCCCCCCCC/C=C\C/C=C\C/C=C\C/C=C\CC. The Balaban J connectivity index is 4.15. The van der Waals surface area contributed by atoms with E-state index >= 15 is 0 Å². The van der Waals surface area contributed by atoms with Crippen LogP contribution in [-0.4, -0.2) is 66.3 Å². The fraction of sp³-hybridized carbons (Fsp3) is 0.638. The summed E-state index contributed by atoms with van der Waals surface area (Å²) in [5.74, 6) is -0.399. The molecule has 0 aromatic carbocycles. The number of allylic oxidation sites excluding steroid dienone is 20. The lowest BCUT2D eigenvalue weighted by molar-refractivity contribution is -0.154. The van der Waals surface area contributed by atoms with Crippen LogP contribution in [-0.2, 0) is 27.9 Å². The van der Waals surface area contributed by atoms with Crippen molar-refractivity contribution in [2.24, 2.45) is 0 Å². The van der Waals surface area contributed by atoms with E-state index in [1.165, 1.54) is 38.5 Å². The fourth-order valence-electron chi connectivity index (χ4n) is 6.70. The lowest BCUT2D eigenvalue weighted by atomic mass is 10.0. The Morgan fingerprint density at radius 3 is 1.19 bits per heavy atom. The number of hydrogen-bond donors (Lipinski definition) is 3. The Kier molecular flexibility index (Phi) is 50.8. The van der Waals surface area contributed by atoms with Crippen molar-refractivity contribution in [1.82, 2.24) is 0 Å². The highest BCUT2D eigenvalue weighted by Crippen LogP contribution is 2.43. The molecule has 0 aliphatic carbocycles. The van der Waals surface area contributed by atoms with Gasteiger partial charge in [-0.05, 0) is 103 Å². The second-order valence-corrected chi connectivity index (χ2v) is 18.6. The van der Waals surface area contributed by atoms with Crippen LogP contribution in [0, 0.1) is 0 Å². The summed E-state index contributed by atoms with van der Waals surface area (Å²) in [6, 6.07) is 0. The van der Waals surface area contributed by atoms with Gasteiger partial charge in [0.1, 0.15) is 12.2 Å². The summed E-state index contributed by atoms with van der Waals surface area (Å²) in [7, 11) is -4.54. The van der Waals surface area contributed by atoms with Crippen LogP contribution in [0.3, 0.4) is 0 Å². The normalized spacial score (nSPS) is 14.7. The summed E-state index contributed by atoms with van der Waals surface area (Å²) in [4.78, 5) is 22.7. The molecule has 0 aromatic heterocycles. The molecule has 0 saturated heterocycles. The predicted molar refractivity (Wildman–Crippen MR) is 288 cm³/mol. The van der Waals surface area contributed by atoms with Crippen LogP contribution in [0.5, 0.6) is 0 Å². The first kappa shape index (κ1) is 64.9. The highest BCUT2D eigenvalue weighted by atomic mass is 31.2. The quantitative estimate of drug-likeness (QED) is 0.0236. The minimum atomic E-state index is -4.54. The number of rotatable bonds is 49. The van der Waals surface area contributed by atoms with Gasteiger partial charge in [0.2, 0.25) is 0 Å². The Labute approximate surface area is 415 Å². The Hall–Kier alpha value is -3.14. The standard InChI is InChI=1S/C58H97O9P/c1-3-5-7-9-11-13-15-17-19-21-23-25-27-29-31-33-35-37-39-41-43-45-47-49-51-64-54-57(55-66-68(62,63)65-53-56(60)52-59)67-58(61)50-48-46-44-42-40-38-36-34-32-30-28-26-24-22-20-18-16-14-12-10-8-6-4-2/h5-8,11-14,17-20,23-26,29,31,35,37,56-57,59-60H,3-4,9-10,15-16,21-22,27-28,30,32-34,36,38-55H2,1-2H3,(H,62,63)/b7-5-,8-6-,13-11-,14-12-,19-17-,20-18-,25-23-,26-24-,31-29-,37-35-. The second-order valence-electron chi connectivity index (χ2n) is 17.1. The molecule has 68 heavy (non-hydrogen) atoms. The van der Waals surface area contributed by atoms with Gasteiger partial charge in [-0.15, -0.1) is 0 Å². The molecule has 9 nitrogen and oxygen atoms in total. The van der Waals surface area contributed by atoms with Gasteiger partial charge in [-0.25, -0.2) is 4.57 Å². The highest BCUT2D eigenvalue weighted by molar-refractivity contribution is 7.47. The number of unbranched alkanes of at least 4 members (excludes halogenated alkanes) is 15. The lowest BCUT2D eigenvalue weighted by Crippen LogP contribution is -2.29. The molecular weight excluding hydrogens is 872 g/mol. The molecule has 0 bridgehead atoms. The van der Waals surface area contributed by atoms with E-state index in [0.29, 0.717) is 13.0 Å². The zero-order chi connectivity index (χ0) is 49.5. The molecule has 0 radical (unpaired) electrons. The van der Waals surface area contributed by atoms with E-state index in [-0.39, 0.29) is 13.0 Å². The summed E-state index contributed by atoms with van der Waals surface area (Å²) in [6.45, 7) is 3.22. The van der Waals surface area contributed by atoms with Gasteiger partial charge in [-0.3, -0.25) is 13.8 Å². The van der Waals surface area contributed by atoms with Gasteiger partial charge in [0.25, 0.3) is 0 Å². The Morgan fingerprint density at radius 2 is 0.794 bits per heavy atom. The number of ether oxygens (including phenoxy) is 2. The first-order chi connectivity index (χ1) is 33.3. The van der Waals surface area contributed by atoms with Gasteiger partial charge >= 0.3 is 13.8 Å². The lowest BCUT2D eigenvalue weighted by Gasteiger charge is -2.20. The molecular formula is C58H97O9P. The zero-order valence-electron chi connectivity index (χ0n) is 42.8. The van der Waals surface area contributed by atoms with Crippen molar-refractivity contribution in [3.05, 3.63) is 122 Å². The largest absolute Gasteiger partial charge is 0.472 e. The van der Waals surface area contributed by atoms with Gasteiger partial charge in [0.15, 0.2) is 0 Å². The minimum Gasteiger partial charge on any atom is -0.457 e. The maximum atomic E-state index is 12.7. The predicted octanol–water partition coefficient (Wildman–Crippen LogP) is 15.9. The minimum absolute atomic E-state index is 0.0259. The van der Waals surface area contributed by atoms with Crippen molar-refractivity contribution >= 4 is 13.8 Å². The van der Waals surface area contributed by atoms with Crippen LogP contribution in [0.15, 0.2) is 122 Å². The van der Waals surface area contributed by atoms with Crippen LogP contribution in [0.4, 0.5) is 0 Å². The molecule has 388 valence electrons. The number of phosphoric acid groups is 1. The summed E-state index contributed by atoms with van der Waals surface area (Å²) >= 11 is 0. The number of aliphatic hydroxyl groups is 2. The fourth-order valence-corrected chi connectivity index (χ4v) is 7.49. The number of phosphoric ester groups is 1. The van der Waals surface area contributed by atoms with E-state index in [0.717, 1.165) is 128 Å². The van der Waals surface area contributed by atoms with Crippen LogP contribution in [0.2, 0.25) is 0 Å². The van der Waals surface area contributed by atoms with Gasteiger partial charge in [0.05, 0.1) is 26.4 Å². The van der Waals surface area contributed by atoms with Crippen LogP contribution < -0.4 is 0 Å². The molecule has 3 unspecified atom stereocenters. The maximum Gasteiger partial charge on any atom is 0.472 e. The van der Waals surface area contributed by atoms with Crippen LogP contribution in [0.1, 0.15) is 194 Å². The van der Waals surface area contributed by atoms with Crippen molar-refractivity contribution in [1.29, 1.82) is 0 Å². The number of carbonyl (C=O) groups is 1. The van der Waals surface area contributed by atoms with Gasteiger partial charge in [-0.2, -0.15) is 0 Å². The third kappa shape index (κ3) is 52.2. The molecule has 0 aliphatic heterocycles. The van der Waals surface area contributed by atoms with Crippen molar-refractivity contribution in [3.8, 4) is 0 Å². The van der Waals surface area contributed by atoms with Crippen LogP contribution in [0.25, 0.3) is 0 Å². The molecule has 0 amide bonds. The number of aliphatic hydroxyl groups excluding tert-OH is 2. The molecule has 0 rings (SSSR count). The second kappa shape index (κ2) is 53.2. The molecule has 0 spiro atoms. The Bertz CT molecular complexity index is 1470. The zero-order valence-corrected chi connectivity index (χ0v) is 43.7. The molecule has 0 fully saturated rings. The smallest absolute Gasteiger partial charge is 0.457 e. The van der Waals surface area contributed by atoms with Gasteiger partial charge < -0.3 is 24.6 Å².